The van der Waals surface area contributed by atoms with Crippen LogP contribution in [0.15, 0.2) is 22.8 Å². The molecule has 1 aliphatic carbocycles. The summed E-state index contributed by atoms with van der Waals surface area (Å²) >= 11 is 3.51. The van der Waals surface area contributed by atoms with Crippen molar-refractivity contribution >= 4 is 15.9 Å². The number of hydrogen-bond donors (Lipinski definition) is 1. The number of halogens is 1. The van der Waals surface area contributed by atoms with Crippen LogP contribution in [0, 0.1) is 11.8 Å². The van der Waals surface area contributed by atoms with E-state index < -0.39 is 0 Å². The number of hydrogen-bond acceptors (Lipinski definition) is 3. The van der Waals surface area contributed by atoms with Gasteiger partial charge in [0.25, 0.3) is 0 Å². The molecule has 2 heterocycles. The second-order valence-corrected chi connectivity index (χ2v) is 5.14. The standard InChI is InChI=1S/C11H12BrNO2/c12-9-2-1-3-13-10(9)11(6-14)7-4-15-5-8(7)11/h1-3,7-8,14H,4-6H2/t7-,8?,11?/m0/s1. The van der Waals surface area contributed by atoms with Crippen molar-refractivity contribution < 1.29 is 9.84 Å². The molecule has 0 radical (unpaired) electrons. The van der Waals surface area contributed by atoms with Gasteiger partial charge in [-0.1, -0.05) is 0 Å². The summed E-state index contributed by atoms with van der Waals surface area (Å²) < 4.78 is 6.36. The second kappa shape index (κ2) is 3.27. The SMILES string of the molecule is OCC1(c2ncccc2Br)C2COC[C@@H]21. The zero-order chi connectivity index (χ0) is 10.5. The zero-order valence-corrected chi connectivity index (χ0v) is 9.77. The molecule has 1 aliphatic heterocycles. The lowest BCUT2D eigenvalue weighted by Crippen LogP contribution is -2.24. The number of aliphatic hydroxyl groups excluding tert-OH is 1. The van der Waals surface area contributed by atoms with Crippen LogP contribution in [0.5, 0.6) is 0 Å². The number of fused-ring (bicyclic) bond motifs is 1. The van der Waals surface area contributed by atoms with Gasteiger partial charge in [0.1, 0.15) is 0 Å². The second-order valence-electron chi connectivity index (χ2n) is 4.28. The summed E-state index contributed by atoms with van der Waals surface area (Å²) in [6, 6.07) is 3.88. The molecule has 1 aromatic rings. The largest absolute Gasteiger partial charge is 0.395 e. The molecule has 1 saturated heterocycles. The Morgan fingerprint density at radius 3 is 2.87 bits per heavy atom. The molecule has 3 rings (SSSR count). The molecule has 2 aliphatic rings. The van der Waals surface area contributed by atoms with Crippen LogP contribution >= 0.6 is 15.9 Å². The lowest BCUT2D eigenvalue weighted by Gasteiger charge is -2.18. The predicted molar refractivity (Wildman–Crippen MR) is 58.5 cm³/mol. The maximum Gasteiger partial charge on any atom is 0.0637 e. The van der Waals surface area contributed by atoms with Gasteiger partial charge in [-0.3, -0.25) is 4.98 Å². The Labute approximate surface area is 96.6 Å². The number of ether oxygens (including phenoxy) is 1. The number of aliphatic hydroxyl groups is 1. The van der Waals surface area contributed by atoms with E-state index in [1.807, 2.05) is 12.1 Å². The molecule has 2 fully saturated rings. The van der Waals surface area contributed by atoms with Gasteiger partial charge in [0.05, 0.1) is 25.5 Å². The summed E-state index contributed by atoms with van der Waals surface area (Å²) in [6.07, 6.45) is 1.78. The van der Waals surface area contributed by atoms with Gasteiger partial charge in [0.2, 0.25) is 0 Å². The van der Waals surface area contributed by atoms with E-state index >= 15 is 0 Å². The van der Waals surface area contributed by atoms with Crippen molar-refractivity contribution in [1.82, 2.24) is 4.98 Å². The smallest absolute Gasteiger partial charge is 0.0637 e. The van der Waals surface area contributed by atoms with E-state index in [2.05, 4.69) is 20.9 Å². The molecule has 80 valence electrons. The molecule has 15 heavy (non-hydrogen) atoms. The maximum atomic E-state index is 9.62. The van der Waals surface area contributed by atoms with Gasteiger partial charge in [-0.05, 0) is 28.1 Å². The Kier molecular flexibility index (Phi) is 2.13. The first kappa shape index (κ1) is 9.75. The van der Waals surface area contributed by atoms with Gasteiger partial charge >= 0.3 is 0 Å². The van der Waals surface area contributed by atoms with Crippen LogP contribution in [0.2, 0.25) is 0 Å². The first-order valence-electron chi connectivity index (χ1n) is 5.10. The van der Waals surface area contributed by atoms with Crippen LogP contribution in [0.1, 0.15) is 5.69 Å². The molecule has 0 aromatic carbocycles. The molecule has 1 aromatic heterocycles. The molecular formula is C11H12BrNO2. The Hall–Kier alpha value is -0.450. The van der Waals surface area contributed by atoms with Crippen LogP contribution < -0.4 is 0 Å². The summed E-state index contributed by atoms with van der Waals surface area (Å²) in [5.74, 6) is 0.905. The highest BCUT2D eigenvalue weighted by Gasteiger charge is 2.69. The topological polar surface area (TPSA) is 42.4 Å². The molecule has 3 atom stereocenters. The van der Waals surface area contributed by atoms with E-state index in [4.69, 9.17) is 4.74 Å². The third kappa shape index (κ3) is 1.16. The Balaban J connectivity index is 2.03. The Bertz CT molecular complexity index is 386. The van der Waals surface area contributed by atoms with E-state index in [0.29, 0.717) is 11.8 Å². The summed E-state index contributed by atoms with van der Waals surface area (Å²) in [7, 11) is 0. The molecule has 0 bridgehead atoms. The highest BCUT2D eigenvalue weighted by Crippen LogP contribution is 2.63. The van der Waals surface area contributed by atoms with Gasteiger partial charge in [0, 0.05) is 27.9 Å². The van der Waals surface area contributed by atoms with E-state index in [0.717, 1.165) is 23.4 Å². The average molecular weight is 270 g/mol. The number of pyridine rings is 1. The molecule has 0 spiro atoms. The predicted octanol–water partition coefficient (Wildman–Crippen LogP) is 1.35. The minimum Gasteiger partial charge on any atom is -0.395 e. The highest BCUT2D eigenvalue weighted by molar-refractivity contribution is 9.10. The van der Waals surface area contributed by atoms with Gasteiger partial charge < -0.3 is 9.84 Å². The summed E-state index contributed by atoms with van der Waals surface area (Å²) in [5, 5.41) is 9.62. The Morgan fingerprint density at radius 1 is 1.53 bits per heavy atom. The lowest BCUT2D eigenvalue weighted by atomic mass is 9.97. The van der Waals surface area contributed by atoms with Gasteiger partial charge in [-0.2, -0.15) is 0 Å². The van der Waals surface area contributed by atoms with Gasteiger partial charge in [-0.15, -0.1) is 0 Å². The van der Waals surface area contributed by atoms with E-state index in [-0.39, 0.29) is 12.0 Å². The van der Waals surface area contributed by atoms with Crippen molar-refractivity contribution in [3.8, 4) is 0 Å². The van der Waals surface area contributed by atoms with Crippen LogP contribution in [0.4, 0.5) is 0 Å². The zero-order valence-electron chi connectivity index (χ0n) is 8.19. The Morgan fingerprint density at radius 2 is 2.27 bits per heavy atom. The van der Waals surface area contributed by atoms with Crippen molar-refractivity contribution in [2.75, 3.05) is 19.8 Å². The molecule has 2 unspecified atom stereocenters. The van der Waals surface area contributed by atoms with E-state index in [1.54, 1.807) is 6.20 Å². The van der Waals surface area contributed by atoms with Crippen molar-refractivity contribution in [3.05, 3.63) is 28.5 Å². The summed E-state index contributed by atoms with van der Waals surface area (Å²) in [4.78, 5) is 4.40. The molecule has 0 amide bonds. The lowest BCUT2D eigenvalue weighted by molar-refractivity contribution is 0.118. The average Bonchev–Trinajstić information content (AvgIpc) is 2.64. The van der Waals surface area contributed by atoms with Gasteiger partial charge in [0.15, 0.2) is 0 Å². The summed E-state index contributed by atoms with van der Waals surface area (Å²) in [6.45, 7) is 1.68. The van der Waals surface area contributed by atoms with Gasteiger partial charge in [-0.25, -0.2) is 0 Å². The maximum absolute atomic E-state index is 9.62. The van der Waals surface area contributed by atoms with Crippen LogP contribution in [-0.4, -0.2) is 29.9 Å². The minimum atomic E-state index is -0.141. The third-order valence-electron chi connectivity index (χ3n) is 3.76. The van der Waals surface area contributed by atoms with E-state index in [1.165, 1.54) is 0 Å². The molecule has 3 nitrogen and oxygen atoms in total. The molecule has 4 heteroatoms. The molecular weight excluding hydrogens is 258 g/mol. The first-order valence-corrected chi connectivity index (χ1v) is 5.89. The minimum absolute atomic E-state index is 0.141. The van der Waals surface area contributed by atoms with Crippen molar-refractivity contribution in [2.24, 2.45) is 11.8 Å². The molecule has 1 N–H and O–H groups in total. The van der Waals surface area contributed by atoms with E-state index in [9.17, 15) is 5.11 Å². The fraction of sp³-hybridized carbons (Fsp3) is 0.545. The number of aromatic nitrogens is 1. The van der Waals surface area contributed by atoms with Crippen molar-refractivity contribution in [2.45, 2.75) is 5.41 Å². The molecule has 1 saturated carbocycles. The van der Waals surface area contributed by atoms with Crippen molar-refractivity contribution in [3.63, 3.8) is 0 Å². The normalized spacial score (nSPS) is 37.7. The van der Waals surface area contributed by atoms with Crippen molar-refractivity contribution in [1.29, 1.82) is 0 Å². The third-order valence-corrected chi connectivity index (χ3v) is 4.40. The van der Waals surface area contributed by atoms with Crippen LogP contribution in [0.25, 0.3) is 0 Å². The van der Waals surface area contributed by atoms with Crippen LogP contribution in [-0.2, 0) is 10.2 Å². The quantitative estimate of drug-likeness (QED) is 0.882. The number of rotatable bonds is 2. The monoisotopic (exact) mass is 269 g/mol. The highest BCUT2D eigenvalue weighted by atomic mass is 79.9. The van der Waals surface area contributed by atoms with Crippen LogP contribution in [0.3, 0.4) is 0 Å². The number of nitrogens with zero attached hydrogens (tertiary/aromatic N) is 1. The fourth-order valence-electron chi connectivity index (χ4n) is 2.85. The fourth-order valence-corrected chi connectivity index (χ4v) is 3.47. The summed E-state index contributed by atoms with van der Waals surface area (Å²) in [5.41, 5.74) is 0.851. The first-order chi connectivity index (χ1) is 7.30.